The Morgan fingerprint density at radius 3 is 2.57 bits per heavy atom. The summed E-state index contributed by atoms with van der Waals surface area (Å²) in [5, 5.41) is -0.214. The molecular formula is C21H19F2NO4. The molecule has 5 nitrogen and oxygen atoms in total. The number of rotatable bonds is 5. The number of ether oxygens (including phenoxy) is 2. The maximum Gasteiger partial charge on any atom is 0.343 e. The largest absolute Gasteiger partial charge is 0.497 e. The second-order valence-corrected chi connectivity index (χ2v) is 6.05. The molecule has 0 N–H and O–H groups in total. The lowest BCUT2D eigenvalue weighted by atomic mass is 10.0. The molecule has 1 aromatic heterocycles. The molecule has 0 saturated carbocycles. The average molecular weight is 387 g/mol. The van der Waals surface area contributed by atoms with Gasteiger partial charge >= 0.3 is 5.97 Å². The summed E-state index contributed by atoms with van der Waals surface area (Å²) in [5.41, 5.74) is -1.09. The van der Waals surface area contributed by atoms with Gasteiger partial charge < -0.3 is 14.0 Å². The lowest BCUT2D eigenvalue weighted by Crippen LogP contribution is -2.21. The van der Waals surface area contributed by atoms with Gasteiger partial charge in [0.15, 0.2) is 5.82 Å². The molecule has 3 aromatic rings. The summed E-state index contributed by atoms with van der Waals surface area (Å²) in [5.74, 6) is -2.16. The first kappa shape index (κ1) is 19.5. The SMILES string of the molecule is CCOC(=O)c1cn(CC)c2c(F)c(-c3cccc(OC)c3)c(F)cc2c1=O. The fraction of sp³-hybridized carbons (Fsp3) is 0.238. The molecule has 0 radical (unpaired) electrons. The predicted molar refractivity (Wildman–Crippen MR) is 102 cm³/mol. The number of halogens is 2. The summed E-state index contributed by atoms with van der Waals surface area (Å²) < 4.78 is 41.7. The minimum absolute atomic E-state index is 0.0697. The predicted octanol–water partition coefficient (Wildman–Crippen LogP) is 4.15. The van der Waals surface area contributed by atoms with Crippen LogP contribution in [0.3, 0.4) is 0 Å². The highest BCUT2D eigenvalue weighted by Gasteiger charge is 2.23. The lowest BCUT2D eigenvalue weighted by Gasteiger charge is -2.15. The van der Waals surface area contributed by atoms with Crippen LogP contribution in [-0.4, -0.2) is 24.3 Å². The van der Waals surface area contributed by atoms with Crippen LogP contribution in [0, 0.1) is 11.6 Å². The molecule has 0 amide bonds. The molecule has 146 valence electrons. The van der Waals surface area contributed by atoms with Gasteiger partial charge in [-0.05, 0) is 37.6 Å². The molecular weight excluding hydrogens is 368 g/mol. The van der Waals surface area contributed by atoms with Gasteiger partial charge in [-0.2, -0.15) is 0 Å². The molecule has 0 atom stereocenters. The van der Waals surface area contributed by atoms with Crippen molar-refractivity contribution >= 4 is 16.9 Å². The van der Waals surface area contributed by atoms with Gasteiger partial charge in [0.2, 0.25) is 5.43 Å². The smallest absolute Gasteiger partial charge is 0.343 e. The van der Waals surface area contributed by atoms with Crippen LogP contribution in [0.5, 0.6) is 5.75 Å². The van der Waals surface area contributed by atoms with Gasteiger partial charge in [-0.15, -0.1) is 0 Å². The van der Waals surface area contributed by atoms with Gasteiger partial charge in [0.25, 0.3) is 0 Å². The van der Waals surface area contributed by atoms with E-state index in [1.165, 1.54) is 23.9 Å². The van der Waals surface area contributed by atoms with E-state index in [4.69, 9.17) is 9.47 Å². The first-order valence-corrected chi connectivity index (χ1v) is 8.79. The molecule has 2 aromatic carbocycles. The van der Waals surface area contributed by atoms with Crippen molar-refractivity contribution in [3.05, 3.63) is 63.9 Å². The third-order valence-electron chi connectivity index (χ3n) is 4.45. The number of benzene rings is 2. The van der Waals surface area contributed by atoms with Crippen molar-refractivity contribution in [2.45, 2.75) is 20.4 Å². The molecule has 0 unspecified atom stereocenters. The van der Waals surface area contributed by atoms with Gasteiger partial charge in [0.1, 0.15) is 17.1 Å². The van der Waals surface area contributed by atoms with Crippen LogP contribution < -0.4 is 10.2 Å². The zero-order valence-electron chi connectivity index (χ0n) is 15.7. The standard InChI is InChI=1S/C21H19F2NO4/c1-4-24-11-15(21(26)28-5-2)20(25)14-10-16(22)17(18(23)19(14)24)12-7-6-8-13(9-12)27-3/h6-11H,4-5H2,1-3H3. The van der Waals surface area contributed by atoms with E-state index in [0.717, 1.165) is 6.07 Å². The first-order valence-electron chi connectivity index (χ1n) is 8.79. The Balaban J connectivity index is 2.36. The van der Waals surface area contributed by atoms with Gasteiger partial charge in [0, 0.05) is 12.7 Å². The Kier molecular flexibility index (Phi) is 5.44. The Morgan fingerprint density at radius 1 is 1.18 bits per heavy atom. The first-order chi connectivity index (χ1) is 13.4. The van der Waals surface area contributed by atoms with Crippen LogP contribution in [0.4, 0.5) is 8.78 Å². The topological polar surface area (TPSA) is 57.5 Å². The van der Waals surface area contributed by atoms with E-state index in [-0.39, 0.29) is 40.7 Å². The highest BCUT2D eigenvalue weighted by molar-refractivity contribution is 5.95. The number of nitrogens with zero attached hydrogens (tertiary/aromatic N) is 1. The van der Waals surface area contributed by atoms with Crippen molar-refractivity contribution in [2.75, 3.05) is 13.7 Å². The highest BCUT2D eigenvalue weighted by Crippen LogP contribution is 2.33. The molecule has 0 aliphatic rings. The van der Waals surface area contributed by atoms with Crippen molar-refractivity contribution in [3.8, 4) is 16.9 Å². The number of aromatic nitrogens is 1. The number of methoxy groups -OCH3 is 1. The Bertz CT molecular complexity index is 1120. The molecule has 28 heavy (non-hydrogen) atoms. The Morgan fingerprint density at radius 2 is 1.93 bits per heavy atom. The molecule has 1 heterocycles. The third kappa shape index (κ3) is 3.24. The maximum absolute atomic E-state index is 15.4. The summed E-state index contributed by atoms with van der Waals surface area (Å²) in [6.07, 6.45) is 1.25. The number of hydrogen-bond acceptors (Lipinski definition) is 4. The van der Waals surface area contributed by atoms with Gasteiger partial charge in [-0.1, -0.05) is 12.1 Å². The van der Waals surface area contributed by atoms with E-state index >= 15 is 4.39 Å². The fourth-order valence-corrected chi connectivity index (χ4v) is 3.13. The van der Waals surface area contributed by atoms with E-state index in [9.17, 15) is 14.0 Å². The minimum atomic E-state index is -0.904. The average Bonchev–Trinajstić information content (AvgIpc) is 2.69. The molecule has 0 spiro atoms. The number of fused-ring (bicyclic) bond motifs is 1. The van der Waals surface area contributed by atoms with E-state index < -0.39 is 23.0 Å². The number of carbonyl (C=O) groups excluding carboxylic acids is 1. The molecule has 0 aliphatic carbocycles. The molecule has 0 saturated heterocycles. The Labute approximate surface area is 160 Å². The quantitative estimate of drug-likeness (QED) is 0.617. The van der Waals surface area contributed by atoms with Crippen molar-refractivity contribution in [2.24, 2.45) is 0 Å². The summed E-state index contributed by atoms with van der Waals surface area (Å²) >= 11 is 0. The summed E-state index contributed by atoms with van der Waals surface area (Å²) in [6, 6.07) is 7.30. The minimum Gasteiger partial charge on any atom is -0.497 e. The summed E-state index contributed by atoms with van der Waals surface area (Å²) in [7, 11) is 1.46. The van der Waals surface area contributed by atoms with Crippen LogP contribution >= 0.6 is 0 Å². The van der Waals surface area contributed by atoms with Crippen LogP contribution in [0.2, 0.25) is 0 Å². The number of esters is 1. The van der Waals surface area contributed by atoms with E-state index in [1.807, 2.05) is 0 Å². The van der Waals surface area contributed by atoms with Crippen molar-refractivity contribution in [1.29, 1.82) is 0 Å². The summed E-state index contributed by atoms with van der Waals surface area (Å²) in [6.45, 7) is 3.69. The van der Waals surface area contributed by atoms with Gasteiger partial charge in [0.05, 0.1) is 30.2 Å². The number of hydrogen-bond donors (Lipinski definition) is 0. The van der Waals surface area contributed by atoms with Gasteiger partial charge in [-0.25, -0.2) is 13.6 Å². The number of pyridine rings is 1. The van der Waals surface area contributed by atoms with Gasteiger partial charge in [-0.3, -0.25) is 4.79 Å². The zero-order chi connectivity index (χ0) is 20.4. The highest BCUT2D eigenvalue weighted by atomic mass is 19.1. The third-order valence-corrected chi connectivity index (χ3v) is 4.45. The van der Waals surface area contributed by atoms with Crippen LogP contribution in [0.15, 0.2) is 41.3 Å². The van der Waals surface area contributed by atoms with E-state index in [0.29, 0.717) is 5.75 Å². The second kappa shape index (κ2) is 7.80. The van der Waals surface area contributed by atoms with Crippen LogP contribution in [0.1, 0.15) is 24.2 Å². The molecule has 0 fully saturated rings. The molecule has 3 rings (SSSR count). The maximum atomic E-state index is 15.4. The molecule has 7 heteroatoms. The second-order valence-electron chi connectivity index (χ2n) is 6.05. The van der Waals surface area contributed by atoms with Crippen molar-refractivity contribution < 1.29 is 23.0 Å². The molecule has 0 aliphatic heterocycles. The lowest BCUT2D eigenvalue weighted by molar-refractivity contribution is 0.0524. The molecule has 0 bridgehead atoms. The zero-order valence-corrected chi connectivity index (χ0v) is 15.7. The number of aryl methyl sites for hydroxylation is 1. The number of carbonyl (C=O) groups is 1. The monoisotopic (exact) mass is 387 g/mol. The Hall–Kier alpha value is -3.22. The van der Waals surface area contributed by atoms with E-state index in [2.05, 4.69) is 0 Å². The van der Waals surface area contributed by atoms with Crippen molar-refractivity contribution in [1.82, 2.24) is 4.57 Å². The normalized spacial score (nSPS) is 10.9. The summed E-state index contributed by atoms with van der Waals surface area (Å²) in [4.78, 5) is 24.8. The van der Waals surface area contributed by atoms with Crippen molar-refractivity contribution in [3.63, 3.8) is 0 Å². The van der Waals surface area contributed by atoms with Crippen LogP contribution in [0.25, 0.3) is 22.0 Å². The fourth-order valence-electron chi connectivity index (χ4n) is 3.13. The van der Waals surface area contributed by atoms with E-state index in [1.54, 1.807) is 32.0 Å². The van der Waals surface area contributed by atoms with Crippen LogP contribution in [-0.2, 0) is 11.3 Å².